The topological polar surface area (TPSA) is 96.3 Å². The van der Waals surface area contributed by atoms with Gasteiger partial charge in [0.2, 0.25) is 5.13 Å². The van der Waals surface area contributed by atoms with Crippen LogP contribution in [0, 0.1) is 6.92 Å². The number of aliphatic hydroxyl groups excluding tert-OH is 1. The molecule has 36 heavy (non-hydrogen) atoms. The van der Waals surface area contributed by atoms with E-state index in [1.54, 1.807) is 36.4 Å². The number of rotatable bonds is 6. The summed E-state index contributed by atoms with van der Waals surface area (Å²) in [4.78, 5) is 31.7. The van der Waals surface area contributed by atoms with Gasteiger partial charge >= 0.3 is 5.91 Å². The second kappa shape index (κ2) is 10.2. The number of anilines is 1. The molecule has 2 aromatic heterocycles. The lowest BCUT2D eigenvalue weighted by molar-refractivity contribution is -0.132. The standard InChI is InChI=1S/C26H19ClN4O3S2/c1-15-5-7-16(8-6-15)14-35-26-30-29-25(36-26)31-21(18-3-2-4-19(27)13-18)20(23(33)24(31)34)22(32)17-9-11-28-12-10-17/h2-13,21,32H,14H2,1H3/b22-20+. The molecule has 1 aliphatic heterocycles. The minimum absolute atomic E-state index is 0.0440. The monoisotopic (exact) mass is 534 g/mol. The molecular weight excluding hydrogens is 516 g/mol. The summed E-state index contributed by atoms with van der Waals surface area (Å²) in [5.41, 5.74) is 3.23. The van der Waals surface area contributed by atoms with Crippen LogP contribution in [-0.2, 0) is 15.3 Å². The Morgan fingerprint density at radius 2 is 1.83 bits per heavy atom. The molecule has 0 bridgehead atoms. The molecule has 1 fully saturated rings. The van der Waals surface area contributed by atoms with Crippen molar-refractivity contribution in [1.82, 2.24) is 15.2 Å². The van der Waals surface area contributed by atoms with Crippen LogP contribution in [0.3, 0.4) is 0 Å². The van der Waals surface area contributed by atoms with Crippen LogP contribution in [0.2, 0.25) is 5.02 Å². The van der Waals surface area contributed by atoms with Crippen molar-refractivity contribution in [2.75, 3.05) is 4.90 Å². The molecule has 4 aromatic rings. The fourth-order valence-corrected chi connectivity index (χ4v) is 5.90. The van der Waals surface area contributed by atoms with Crippen molar-refractivity contribution in [3.8, 4) is 0 Å². The molecule has 1 atom stereocenters. The molecule has 2 aromatic carbocycles. The maximum Gasteiger partial charge on any atom is 0.301 e. The van der Waals surface area contributed by atoms with Gasteiger partial charge in [-0.25, -0.2) is 0 Å². The minimum Gasteiger partial charge on any atom is -0.507 e. The highest BCUT2D eigenvalue weighted by molar-refractivity contribution is 8.00. The number of amides is 1. The van der Waals surface area contributed by atoms with Crippen molar-refractivity contribution >= 4 is 57.3 Å². The normalized spacial score (nSPS) is 17.1. The van der Waals surface area contributed by atoms with Gasteiger partial charge in [-0.05, 0) is 42.3 Å². The number of pyridine rings is 1. The third kappa shape index (κ3) is 4.77. The lowest BCUT2D eigenvalue weighted by atomic mass is 9.96. The van der Waals surface area contributed by atoms with Gasteiger partial charge in [-0.2, -0.15) is 0 Å². The molecule has 1 aliphatic rings. The van der Waals surface area contributed by atoms with E-state index in [2.05, 4.69) is 39.4 Å². The Balaban J connectivity index is 1.53. The summed E-state index contributed by atoms with van der Waals surface area (Å²) in [6.45, 7) is 2.04. The lowest BCUT2D eigenvalue weighted by Gasteiger charge is -2.22. The number of benzene rings is 2. The Kier molecular flexibility index (Phi) is 6.86. The van der Waals surface area contributed by atoms with E-state index in [0.717, 1.165) is 5.56 Å². The van der Waals surface area contributed by atoms with Crippen LogP contribution in [0.5, 0.6) is 0 Å². The molecule has 0 saturated carbocycles. The fraction of sp³-hybridized carbons (Fsp3) is 0.115. The average molecular weight is 535 g/mol. The van der Waals surface area contributed by atoms with Gasteiger partial charge in [-0.15, -0.1) is 10.2 Å². The Morgan fingerprint density at radius 3 is 2.56 bits per heavy atom. The number of ketones is 1. The maximum atomic E-state index is 13.3. The van der Waals surface area contributed by atoms with Gasteiger partial charge in [0, 0.05) is 28.7 Å². The summed E-state index contributed by atoms with van der Waals surface area (Å²) >= 11 is 8.96. The fourth-order valence-electron chi connectivity index (χ4n) is 3.87. The van der Waals surface area contributed by atoms with Crippen LogP contribution >= 0.6 is 34.7 Å². The lowest BCUT2D eigenvalue weighted by Crippen LogP contribution is -2.29. The summed E-state index contributed by atoms with van der Waals surface area (Å²) in [7, 11) is 0. The van der Waals surface area contributed by atoms with Crippen molar-refractivity contribution in [1.29, 1.82) is 0 Å². The van der Waals surface area contributed by atoms with Crippen molar-refractivity contribution in [2.45, 2.75) is 23.1 Å². The first-order valence-electron chi connectivity index (χ1n) is 10.9. The third-order valence-electron chi connectivity index (χ3n) is 5.65. The summed E-state index contributed by atoms with van der Waals surface area (Å²) in [5, 5.41) is 20.3. The molecule has 10 heteroatoms. The van der Waals surface area contributed by atoms with E-state index < -0.39 is 17.7 Å². The Bertz CT molecular complexity index is 1470. The number of thioether (sulfide) groups is 1. The van der Waals surface area contributed by atoms with Crippen molar-refractivity contribution in [3.05, 3.63) is 106 Å². The molecule has 0 radical (unpaired) electrons. The predicted molar refractivity (Wildman–Crippen MR) is 141 cm³/mol. The first kappa shape index (κ1) is 24.2. The van der Waals surface area contributed by atoms with Crippen LogP contribution in [0.4, 0.5) is 5.13 Å². The number of halogens is 1. The van der Waals surface area contributed by atoms with Gasteiger partial charge in [-0.1, -0.05) is 76.7 Å². The zero-order valence-corrected chi connectivity index (χ0v) is 21.3. The molecule has 7 nitrogen and oxygen atoms in total. The molecule has 5 rings (SSSR count). The number of aliphatic hydroxyl groups is 1. The molecule has 1 N–H and O–H groups in total. The van der Waals surface area contributed by atoms with Gasteiger partial charge < -0.3 is 5.11 Å². The zero-order valence-electron chi connectivity index (χ0n) is 19.0. The number of carbonyl (C=O) groups is 2. The third-order valence-corrected chi connectivity index (χ3v) is 8.01. The van der Waals surface area contributed by atoms with Gasteiger partial charge in [-0.3, -0.25) is 19.5 Å². The second-order valence-electron chi connectivity index (χ2n) is 8.08. The molecule has 1 unspecified atom stereocenters. The van der Waals surface area contributed by atoms with Gasteiger partial charge in [0.15, 0.2) is 4.34 Å². The zero-order chi connectivity index (χ0) is 25.2. The number of hydrogen-bond acceptors (Lipinski definition) is 8. The van der Waals surface area contributed by atoms with Crippen molar-refractivity contribution in [2.24, 2.45) is 0 Å². The number of aryl methyl sites for hydroxylation is 1. The van der Waals surface area contributed by atoms with Crippen molar-refractivity contribution < 1.29 is 14.7 Å². The number of nitrogens with zero attached hydrogens (tertiary/aromatic N) is 4. The number of hydrogen-bond donors (Lipinski definition) is 1. The van der Waals surface area contributed by atoms with Crippen LogP contribution in [-0.4, -0.2) is 32.0 Å². The first-order chi connectivity index (χ1) is 17.4. The molecule has 1 amide bonds. The number of Topliss-reactive ketones (excluding diaryl/α,β-unsaturated/α-hetero) is 1. The van der Waals surface area contributed by atoms with E-state index in [0.29, 0.717) is 26.2 Å². The van der Waals surface area contributed by atoms with Gasteiger partial charge in [0.05, 0.1) is 11.6 Å². The number of aromatic nitrogens is 3. The highest BCUT2D eigenvalue weighted by Crippen LogP contribution is 2.44. The average Bonchev–Trinajstić information content (AvgIpc) is 3.46. The van der Waals surface area contributed by atoms with Crippen LogP contribution < -0.4 is 4.90 Å². The molecule has 1 saturated heterocycles. The van der Waals surface area contributed by atoms with Gasteiger partial charge in [0.1, 0.15) is 5.76 Å². The van der Waals surface area contributed by atoms with E-state index in [9.17, 15) is 14.7 Å². The molecule has 180 valence electrons. The Morgan fingerprint density at radius 1 is 1.08 bits per heavy atom. The summed E-state index contributed by atoms with van der Waals surface area (Å²) in [6.07, 6.45) is 3.00. The maximum absolute atomic E-state index is 13.3. The minimum atomic E-state index is -0.917. The highest BCUT2D eigenvalue weighted by atomic mass is 35.5. The molecule has 3 heterocycles. The largest absolute Gasteiger partial charge is 0.507 e. The number of carbonyl (C=O) groups excluding carboxylic acids is 2. The Hall–Kier alpha value is -3.53. The summed E-state index contributed by atoms with van der Waals surface area (Å²) in [6, 6.07) is 17.3. The highest BCUT2D eigenvalue weighted by Gasteiger charge is 2.48. The van der Waals surface area contributed by atoms with E-state index in [-0.39, 0.29) is 16.5 Å². The first-order valence-corrected chi connectivity index (χ1v) is 13.1. The molecular formula is C26H19ClN4O3S2. The second-order valence-corrected chi connectivity index (χ2v) is 10.7. The smallest absolute Gasteiger partial charge is 0.301 e. The molecule has 0 aliphatic carbocycles. The van der Waals surface area contributed by atoms with Crippen LogP contribution in [0.1, 0.15) is 28.3 Å². The quantitative estimate of drug-likeness (QED) is 0.109. The summed E-state index contributed by atoms with van der Waals surface area (Å²) in [5.74, 6) is -1.20. The predicted octanol–water partition coefficient (Wildman–Crippen LogP) is 5.81. The van der Waals surface area contributed by atoms with Crippen LogP contribution in [0.15, 0.2) is 83.0 Å². The van der Waals surface area contributed by atoms with Crippen LogP contribution in [0.25, 0.3) is 5.76 Å². The molecule has 0 spiro atoms. The SMILES string of the molecule is Cc1ccc(CSc2nnc(N3C(=O)C(=O)/C(=C(/O)c4ccncc4)C3c3cccc(Cl)c3)s2)cc1. The van der Waals surface area contributed by atoms with E-state index in [1.165, 1.54) is 46.0 Å². The van der Waals surface area contributed by atoms with Gasteiger partial charge in [0.25, 0.3) is 5.78 Å². The summed E-state index contributed by atoms with van der Waals surface area (Å²) < 4.78 is 0.659. The van der Waals surface area contributed by atoms with E-state index in [4.69, 9.17) is 11.6 Å². The van der Waals surface area contributed by atoms with Crippen molar-refractivity contribution in [3.63, 3.8) is 0 Å². The van der Waals surface area contributed by atoms with E-state index >= 15 is 0 Å². The Labute approximate surface area is 220 Å². The van der Waals surface area contributed by atoms with E-state index in [1.807, 2.05) is 6.92 Å².